The van der Waals surface area contributed by atoms with Crippen molar-refractivity contribution in [2.75, 3.05) is 20.3 Å². The molecule has 164 valence electrons. The van der Waals surface area contributed by atoms with E-state index >= 15 is 0 Å². The van der Waals surface area contributed by atoms with Crippen LogP contribution in [0.2, 0.25) is 0 Å². The number of nitrogens with one attached hydrogen (secondary N) is 1. The predicted octanol–water partition coefficient (Wildman–Crippen LogP) is 3.00. The molecule has 1 aromatic carbocycles. The van der Waals surface area contributed by atoms with Crippen LogP contribution < -0.4 is 19.5 Å². The van der Waals surface area contributed by atoms with Crippen molar-refractivity contribution < 1.29 is 18.9 Å². The average Bonchev–Trinajstić information content (AvgIpc) is 2.83. The summed E-state index contributed by atoms with van der Waals surface area (Å²) < 4.78 is 23.1. The largest absolute Gasteiger partial charge is 0.480 e. The minimum Gasteiger partial charge on any atom is -0.480 e. The summed E-state index contributed by atoms with van der Waals surface area (Å²) >= 11 is 0. The van der Waals surface area contributed by atoms with E-state index < -0.39 is 0 Å². The van der Waals surface area contributed by atoms with Gasteiger partial charge < -0.3 is 24.3 Å². The van der Waals surface area contributed by atoms with Crippen molar-refractivity contribution in [2.24, 2.45) is 0 Å². The molecule has 2 saturated heterocycles. The van der Waals surface area contributed by atoms with Crippen LogP contribution in [-0.2, 0) is 11.3 Å². The summed E-state index contributed by atoms with van der Waals surface area (Å²) in [6.07, 6.45) is 3.73. The molecular formula is C24H24N4O4. The summed E-state index contributed by atoms with van der Waals surface area (Å²) in [5.74, 6) is 1.72. The van der Waals surface area contributed by atoms with Crippen molar-refractivity contribution in [3.63, 3.8) is 0 Å². The van der Waals surface area contributed by atoms with Crippen LogP contribution in [0.4, 0.5) is 0 Å². The van der Waals surface area contributed by atoms with Gasteiger partial charge in [0.1, 0.15) is 12.7 Å². The van der Waals surface area contributed by atoms with Crippen molar-refractivity contribution in [2.45, 2.75) is 37.6 Å². The number of aromatic nitrogens is 3. The Kier molecular flexibility index (Phi) is 4.88. The molecule has 3 atom stereocenters. The molecule has 1 unspecified atom stereocenters. The summed E-state index contributed by atoms with van der Waals surface area (Å²) in [5, 5.41) is 11.5. The van der Waals surface area contributed by atoms with Gasteiger partial charge in [0.2, 0.25) is 17.6 Å². The van der Waals surface area contributed by atoms with Crippen molar-refractivity contribution >= 4 is 0 Å². The molecule has 5 heterocycles. The normalized spacial score (nSPS) is 23.5. The highest BCUT2D eigenvalue weighted by Crippen LogP contribution is 2.39. The number of nitrogens with zero attached hydrogens (tertiary/aromatic N) is 3. The maximum absolute atomic E-state index is 6.23. The fraction of sp³-hybridized carbons (Fsp3) is 0.375. The first-order valence-corrected chi connectivity index (χ1v) is 10.9. The quantitative estimate of drug-likeness (QED) is 0.673. The van der Waals surface area contributed by atoms with E-state index in [1.54, 1.807) is 13.3 Å². The number of methoxy groups -OCH3 is 1. The Hall–Kier alpha value is -3.23. The summed E-state index contributed by atoms with van der Waals surface area (Å²) in [7, 11) is 1.58. The van der Waals surface area contributed by atoms with E-state index in [0.717, 1.165) is 53.9 Å². The summed E-state index contributed by atoms with van der Waals surface area (Å²) in [4.78, 5) is 4.67. The zero-order valence-electron chi connectivity index (χ0n) is 17.8. The number of rotatable bonds is 4. The Morgan fingerprint density at radius 2 is 1.81 bits per heavy atom. The lowest BCUT2D eigenvalue weighted by Crippen LogP contribution is -2.56. The molecule has 2 fully saturated rings. The van der Waals surface area contributed by atoms with Crippen LogP contribution in [0, 0.1) is 0 Å². The second-order valence-electron chi connectivity index (χ2n) is 8.46. The molecule has 2 aromatic heterocycles. The van der Waals surface area contributed by atoms with Crippen LogP contribution in [0.15, 0.2) is 42.6 Å². The van der Waals surface area contributed by atoms with Crippen LogP contribution >= 0.6 is 0 Å². The van der Waals surface area contributed by atoms with Crippen LogP contribution in [0.3, 0.4) is 0 Å². The van der Waals surface area contributed by atoms with Crippen LogP contribution in [0.25, 0.3) is 22.3 Å². The Morgan fingerprint density at radius 3 is 2.66 bits per heavy atom. The molecule has 0 amide bonds. The number of piperidine rings is 1. The molecule has 3 aliphatic rings. The molecule has 8 heteroatoms. The fourth-order valence-corrected chi connectivity index (χ4v) is 4.76. The van der Waals surface area contributed by atoms with Gasteiger partial charge in [0.25, 0.3) is 0 Å². The topological polar surface area (TPSA) is 87.6 Å². The predicted molar refractivity (Wildman–Crippen MR) is 117 cm³/mol. The van der Waals surface area contributed by atoms with Crippen molar-refractivity contribution in [1.29, 1.82) is 0 Å². The Bertz CT molecular complexity index is 1140. The van der Waals surface area contributed by atoms with Crippen molar-refractivity contribution in [3.05, 3.63) is 48.2 Å². The zero-order valence-corrected chi connectivity index (χ0v) is 17.8. The third-order valence-electron chi connectivity index (χ3n) is 6.26. The molecule has 2 bridgehead atoms. The zero-order chi connectivity index (χ0) is 21.5. The van der Waals surface area contributed by atoms with E-state index in [0.29, 0.717) is 36.3 Å². The van der Waals surface area contributed by atoms with Gasteiger partial charge in [0, 0.05) is 48.2 Å². The van der Waals surface area contributed by atoms with Gasteiger partial charge in [-0.15, -0.1) is 5.10 Å². The molecule has 3 aliphatic heterocycles. The third kappa shape index (κ3) is 3.65. The van der Waals surface area contributed by atoms with Crippen molar-refractivity contribution in [1.82, 2.24) is 20.5 Å². The number of hydrogen-bond donors (Lipinski definition) is 1. The number of hydrogen-bond acceptors (Lipinski definition) is 8. The Morgan fingerprint density at radius 1 is 0.969 bits per heavy atom. The molecule has 1 N–H and O–H groups in total. The minimum absolute atomic E-state index is 0.144. The number of pyridine rings is 1. The highest BCUT2D eigenvalue weighted by Gasteiger charge is 2.33. The molecule has 32 heavy (non-hydrogen) atoms. The van der Waals surface area contributed by atoms with E-state index in [2.05, 4.69) is 38.7 Å². The average molecular weight is 432 g/mol. The first-order chi connectivity index (χ1) is 15.7. The Labute approximate surface area is 185 Å². The van der Waals surface area contributed by atoms with Gasteiger partial charge in [-0.1, -0.05) is 12.1 Å². The number of benzene rings is 1. The maximum Gasteiger partial charge on any atom is 0.233 e. The van der Waals surface area contributed by atoms with Crippen LogP contribution in [-0.4, -0.2) is 53.7 Å². The molecule has 6 rings (SSSR count). The second kappa shape index (κ2) is 8.03. The lowest BCUT2D eigenvalue weighted by molar-refractivity contribution is -0.0133. The van der Waals surface area contributed by atoms with Gasteiger partial charge >= 0.3 is 0 Å². The lowest BCUT2D eigenvalue weighted by atomic mass is 9.94. The summed E-state index contributed by atoms with van der Waals surface area (Å²) in [5.41, 5.74) is 5.19. The minimum atomic E-state index is 0.144. The van der Waals surface area contributed by atoms with E-state index in [4.69, 9.17) is 18.9 Å². The summed E-state index contributed by atoms with van der Waals surface area (Å²) in [6.45, 7) is 1.95. The molecule has 0 saturated carbocycles. The number of fused-ring (bicyclic) bond motifs is 5. The first kappa shape index (κ1) is 19.5. The monoisotopic (exact) mass is 432 g/mol. The molecule has 3 aromatic rings. The van der Waals surface area contributed by atoms with Gasteiger partial charge in [-0.2, -0.15) is 10.1 Å². The first-order valence-electron chi connectivity index (χ1n) is 10.9. The highest BCUT2D eigenvalue weighted by atomic mass is 16.5. The second-order valence-corrected chi connectivity index (χ2v) is 8.46. The Balaban J connectivity index is 1.23. The van der Waals surface area contributed by atoms with Gasteiger partial charge in [0.05, 0.1) is 26.5 Å². The fourth-order valence-electron chi connectivity index (χ4n) is 4.76. The SMILES string of the molecule is COc1cc(-c2ccc3c(c2)COc2nc(OC4C[C@H]5COC[C@@H](C4)N5)ccc2-3)cnn1. The molecule has 0 spiro atoms. The molecular weight excluding hydrogens is 408 g/mol. The smallest absolute Gasteiger partial charge is 0.233 e. The van der Waals surface area contributed by atoms with E-state index in [1.165, 1.54) is 0 Å². The van der Waals surface area contributed by atoms with Gasteiger partial charge in [0.15, 0.2) is 0 Å². The van der Waals surface area contributed by atoms with E-state index in [1.807, 2.05) is 18.2 Å². The van der Waals surface area contributed by atoms with Crippen molar-refractivity contribution in [3.8, 4) is 39.9 Å². The molecule has 8 nitrogen and oxygen atoms in total. The number of ether oxygens (including phenoxy) is 4. The van der Waals surface area contributed by atoms with E-state index in [-0.39, 0.29) is 6.10 Å². The van der Waals surface area contributed by atoms with E-state index in [9.17, 15) is 0 Å². The molecule has 0 aliphatic carbocycles. The standard InChI is InChI=1S/C24H24N4O4/c1-29-23-7-15(10-25-28-23)14-2-3-20-16(6-14)11-31-24-21(20)4-5-22(27-24)32-19-8-17-12-30-13-18(9-19)26-17/h2-7,10,17-19,26H,8-9,11-13H2,1H3/t17-,18+,19?. The number of morpholine rings is 1. The van der Waals surface area contributed by atoms with Crippen LogP contribution in [0.5, 0.6) is 17.6 Å². The maximum atomic E-state index is 6.23. The molecule has 0 radical (unpaired) electrons. The van der Waals surface area contributed by atoms with Gasteiger partial charge in [-0.3, -0.25) is 0 Å². The highest BCUT2D eigenvalue weighted by molar-refractivity contribution is 5.77. The summed E-state index contributed by atoms with van der Waals surface area (Å²) in [6, 6.07) is 12.9. The lowest BCUT2D eigenvalue weighted by Gasteiger charge is -2.39. The van der Waals surface area contributed by atoms with Gasteiger partial charge in [-0.05, 0) is 28.8 Å². The van der Waals surface area contributed by atoms with Gasteiger partial charge in [-0.25, -0.2) is 0 Å². The van der Waals surface area contributed by atoms with Crippen LogP contribution in [0.1, 0.15) is 18.4 Å². The third-order valence-corrected chi connectivity index (χ3v) is 6.26.